The van der Waals surface area contributed by atoms with Gasteiger partial charge in [0.1, 0.15) is 6.61 Å². The van der Waals surface area contributed by atoms with E-state index in [2.05, 4.69) is 15.9 Å². The molecule has 0 spiro atoms. The van der Waals surface area contributed by atoms with E-state index in [4.69, 9.17) is 16.3 Å². The Balaban J connectivity index is 3.04. The number of nitro benzene ring substituents is 1. The van der Waals surface area contributed by atoms with Crippen LogP contribution in [0.2, 0.25) is 5.02 Å². The molecule has 0 aliphatic carbocycles. The summed E-state index contributed by atoms with van der Waals surface area (Å²) in [6.07, 6.45) is 0.478. The lowest BCUT2D eigenvalue weighted by Crippen LogP contribution is -2.31. The van der Waals surface area contributed by atoms with Crippen LogP contribution in [0.5, 0.6) is 5.75 Å². The number of nitro groups is 1. The molecule has 1 atom stereocenters. The summed E-state index contributed by atoms with van der Waals surface area (Å²) >= 11 is 8.90. The number of rotatable bonds is 5. The van der Waals surface area contributed by atoms with Gasteiger partial charge in [-0.15, -0.1) is 0 Å². The van der Waals surface area contributed by atoms with Gasteiger partial charge >= 0.3 is 5.69 Å². The third-order valence-electron chi connectivity index (χ3n) is 2.47. The standard InChI is InChI=1S/C11H13BrClNO4/c1-3-11(2,15)6-18-10-8(12)4-7(13)5-9(10)14(16)17/h4-5,15H,3,6H2,1-2H3. The van der Waals surface area contributed by atoms with Crippen molar-refractivity contribution in [3.8, 4) is 5.75 Å². The summed E-state index contributed by atoms with van der Waals surface area (Å²) in [6, 6.07) is 2.72. The molecule has 0 aliphatic rings. The molecule has 1 rings (SSSR count). The van der Waals surface area contributed by atoms with Gasteiger partial charge in [0.15, 0.2) is 0 Å². The topological polar surface area (TPSA) is 72.6 Å². The van der Waals surface area contributed by atoms with Crippen molar-refractivity contribution < 1.29 is 14.8 Å². The van der Waals surface area contributed by atoms with Crippen LogP contribution in [0.15, 0.2) is 16.6 Å². The highest BCUT2D eigenvalue weighted by molar-refractivity contribution is 9.10. The SMILES string of the molecule is CCC(C)(O)COc1c(Br)cc(Cl)cc1[N+](=O)[O-]. The summed E-state index contributed by atoms with van der Waals surface area (Å²) < 4.78 is 5.73. The molecule has 0 heterocycles. The van der Waals surface area contributed by atoms with Crippen molar-refractivity contribution >= 4 is 33.2 Å². The van der Waals surface area contributed by atoms with Crippen LogP contribution >= 0.6 is 27.5 Å². The second-order valence-corrected chi connectivity index (χ2v) is 5.42. The molecule has 0 saturated carbocycles. The highest BCUT2D eigenvalue weighted by Crippen LogP contribution is 2.38. The molecule has 7 heteroatoms. The van der Waals surface area contributed by atoms with Crippen molar-refractivity contribution in [2.75, 3.05) is 6.61 Å². The lowest BCUT2D eigenvalue weighted by molar-refractivity contribution is -0.386. The lowest BCUT2D eigenvalue weighted by atomic mass is 10.1. The minimum Gasteiger partial charge on any atom is -0.483 e. The predicted molar refractivity (Wildman–Crippen MR) is 72.2 cm³/mol. The van der Waals surface area contributed by atoms with E-state index in [1.807, 2.05) is 0 Å². The van der Waals surface area contributed by atoms with E-state index >= 15 is 0 Å². The van der Waals surface area contributed by atoms with Crippen molar-refractivity contribution in [3.63, 3.8) is 0 Å². The van der Waals surface area contributed by atoms with E-state index in [0.717, 1.165) is 0 Å². The average molecular weight is 339 g/mol. The highest BCUT2D eigenvalue weighted by Gasteiger charge is 2.24. The van der Waals surface area contributed by atoms with Gasteiger partial charge in [-0.1, -0.05) is 18.5 Å². The molecular formula is C11H13BrClNO4. The maximum absolute atomic E-state index is 10.9. The Morgan fingerprint density at radius 2 is 2.22 bits per heavy atom. The number of hydrogen-bond donors (Lipinski definition) is 1. The van der Waals surface area contributed by atoms with Gasteiger partial charge in [-0.05, 0) is 35.3 Å². The smallest absolute Gasteiger partial charge is 0.313 e. The van der Waals surface area contributed by atoms with Gasteiger partial charge in [-0.2, -0.15) is 0 Å². The van der Waals surface area contributed by atoms with Crippen LogP contribution in [-0.2, 0) is 0 Å². The number of nitrogens with zero attached hydrogens (tertiary/aromatic N) is 1. The molecule has 0 amide bonds. The zero-order valence-corrected chi connectivity index (χ0v) is 12.3. The quantitative estimate of drug-likeness (QED) is 0.658. The zero-order chi connectivity index (χ0) is 13.9. The van der Waals surface area contributed by atoms with Crippen molar-refractivity contribution in [3.05, 3.63) is 31.7 Å². The van der Waals surface area contributed by atoms with E-state index in [1.165, 1.54) is 12.1 Å². The van der Waals surface area contributed by atoms with Crippen LogP contribution in [0.3, 0.4) is 0 Å². The van der Waals surface area contributed by atoms with Crippen molar-refractivity contribution in [1.29, 1.82) is 0 Å². The maximum atomic E-state index is 10.9. The van der Waals surface area contributed by atoms with Crippen LogP contribution < -0.4 is 4.74 Å². The lowest BCUT2D eigenvalue weighted by Gasteiger charge is -2.21. The summed E-state index contributed by atoms with van der Waals surface area (Å²) in [5, 5.41) is 21.0. The first kappa shape index (κ1) is 15.2. The molecule has 0 aromatic heterocycles. The number of hydrogen-bond acceptors (Lipinski definition) is 4. The van der Waals surface area contributed by atoms with Gasteiger partial charge < -0.3 is 9.84 Å². The first-order chi connectivity index (χ1) is 8.26. The Hall–Kier alpha value is -0.850. The Kier molecular flexibility index (Phi) is 4.95. The maximum Gasteiger partial charge on any atom is 0.313 e. The molecular weight excluding hydrogens is 325 g/mol. The van der Waals surface area contributed by atoms with Gasteiger partial charge in [0, 0.05) is 11.1 Å². The molecule has 0 radical (unpaired) electrons. The second-order valence-electron chi connectivity index (χ2n) is 4.13. The Morgan fingerprint density at radius 3 is 2.72 bits per heavy atom. The van der Waals surface area contributed by atoms with Gasteiger partial charge in [-0.25, -0.2) is 0 Å². The highest BCUT2D eigenvalue weighted by atomic mass is 79.9. The van der Waals surface area contributed by atoms with E-state index in [0.29, 0.717) is 10.9 Å². The fourth-order valence-corrected chi connectivity index (χ4v) is 2.06. The van der Waals surface area contributed by atoms with E-state index < -0.39 is 10.5 Å². The van der Waals surface area contributed by atoms with E-state index in [-0.39, 0.29) is 23.1 Å². The normalized spacial score (nSPS) is 14.1. The summed E-state index contributed by atoms with van der Waals surface area (Å²) in [4.78, 5) is 10.3. The van der Waals surface area contributed by atoms with Crippen LogP contribution in [0, 0.1) is 10.1 Å². The number of benzene rings is 1. The Morgan fingerprint density at radius 1 is 1.61 bits per heavy atom. The van der Waals surface area contributed by atoms with Crippen LogP contribution in [0.1, 0.15) is 20.3 Å². The first-order valence-corrected chi connectivity index (χ1v) is 6.42. The summed E-state index contributed by atoms with van der Waals surface area (Å²) in [5.74, 6) is 0.0677. The monoisotopic (exact) mass is 337 g/mol. The summed E-state index contributed by atoms with van der Waals surface area (Å²) in [5.41, 5.74) is -1.27. The van der Waals surface area contributed by atoms with Crippen molar-refractivity contribution in [2.45, 2.75) is 25.9 Å². The van der Waals surface area contributed by atoms with Crippen LogP contribution in [-0.4, -0.2) is 22.2 Å². The minimum absolute atomic E-state index is 0.0371. The number of aliphatic hydroxyl groups is 1. The van der Waals surface area contributed by atoms with Gasteiger partial charge in [0.25, 0.3) is 0 Å². The van der Waals surface area contributed by atoms with Crippen molar-refractivity contribution in [1.82, 2.24) is 0 Å². The Labute approximate surface area is 118 Å². The van der Waals surface area contributed by atoms with Crippen molar-refractivity contribution in [2.24, 2.45) is 0 Å². The average Bonchev–Trinajstić information content (AvgIpc) is 2.26. The number of halogens is 2. The van der Waals surface area contributed by atoms with E-state index in [1.54, 1.807) is 13.8 Å². The molecule has 0 aliphatic heterocycles. The van der Waals surface area contributed by atoms with Crippen LogP contribution in [0.4, 0.5) is 5.69 Å². The second kappa shape index (κ2) is 5.86. The van der Waals surface area contributed by atoms with Gasteiger partial charge in [0.05, 0.1) is 15.0 Å². The van der Waals surface area contributed by atoms with E-state index in [9.17, 15) is 15.2 Å². The fourth-order valence-electron chi connectivity index (χ4n) is 1.15. The first-order valence-electron chi connectivity index (χ1n) is 5.25. The number of ether oxygens (including phenoxy) is 1. The fraction of sp³-hybridized carbons (Fsp3) is 0.455. The molecule has 5 nitrogen and oxygen atoms in total. The third kappa shape index (κ3) is 3.83. The van der Waals surface area contributed by atoms with Gasteiger partial charge in [0.2, 0.25) is 5.75 Å². The molecule has 1 aromatic rings. The van der Waals surface area contributed by atoms with Gasteiger partial charge in [-0.3, -0.25) is 10.1 Å². The van der Waals surface area contributed by atoms with Crippen LogP contribution in [0.25, 0.3) is 0 Å². The molecule has 0 saturated heterocycles. The summed E-state index contributed by atoms with van der Waals surface area (Å²) in [6.45, 7) is 3.36. The minimum atomic E-state index is -1.03. The third-order valence-corrected chi connectivity index (χ3v) is 3.28. The molecule has 0 fully saturated rings. The molecule has 1 N–H and O–H groups in total. The molecule has 100 valence electrons. The largest absolute Gasteiger partial charge is 0.483 e. The molecule has 0 bridgehead atoms. The zero-order valence-electron chi connectivity index (χ0n) is 9.94. The molecule has 1 unspecified atom stereocenters. The molecule has 1 aromatic carbocycles. The summed E-state index contributed by atoms with van der Waals surface area (Å²) in [7, 11) is 0. The molecule has 18 heavy (non-hydrogen) atoms. The Bertz CT molecular complexity index is 465. The predicted octanol–water partition coefficient (Wildman–Crippen LogP) is 3.55.